The first kappa shape index (κ1) is 12.4. The second kappa shape index (κ2) is 5.54. The molecule has 1 aliphatic carbocycles. The third-order valence-corrected chi connectivity index (χ3v) is 3.90. The van der Waals surface area contributed by atoms with Crippen molar-refractivity contribution >= 4 is 0 Å². The molecule has 1 aromatic carbocycles. The molecule has 2 rings (SSSR count). The summed E-state index contributed by atoms with van der Waals surface area (Å²) in [5.41, 5.74) is 8.69. The molecule has 0 radical (unpaired) electrons. The molecule has 0 aliphatic heterocycles. The van der Waals surface area contributed by atoms with Crippen molar-refractivity contribution in [2.75, 3.05) is 6.61 Å². The van der Waals surface area contributed by atoms with Gasteiger partial charge in [-0.2, -0.15) is 0 Å². The van der Waals surface area contributed by atoms with Gasteiger partial charge in [-0.05, 0) is 36.0 Å². The predicted octanol–water partition coefficient (Wildman–Crippen LogP) is 3.45. The minimum absolute atomic E-state index is 0.210. The molecule has 1 unspecified atom stereocenters. The van der Waals surface area contributed by atoms with Crippen molar-refractivity contribution in [2.24, 2.45) is 11.7 Å². The molecule has 1 aromatic rings. The molecule has 0 heterocycles. The molecule has 2 heteroatoms. The summed E-state index contributed by atoms with van der Waals surface area (Å²) in [6.07, 6.45) is 4.49. The number of nitrogens with two attached hydrogens (primary N) is 1. The number of benzene rings is 1. The van der Waals surface area contributed by atoms with Crippen molar-refractivity contribution < 1.29 is 4.74 Å². The maximum Gasteiger partial charge on any atom is 0.122 e. The Morgan fingerprint density at radius 3 is 2.82 bits per heavy atom. The molecule has 1 atom stereocenters. The van der Waals surface area contributed by atoms with Crippen LogP contribution in [0.2, 0.25) is 0 Å². The first-order valence-corrected chi connectivity index (χ1v) is 6.76. The highest BCUT2D eigenvalue weighted by Crippen LogP contribution is 2.35. The molecule has 0 fully saturated rings. The van der Waals surface area contributed by atoms with Crippen LogP contribution in [0.1, 0.15) is 50.3 Å². The summed E-state index contributed by atoms with van der Waals surface area (Å²) in [5.74, 6) is 1.73. The Hall–Kier alpha value is -1.02. The van der Waals surface area contributed by atoms with Crippen molar-refractivity contribution in [2.45, 2.75) is 45.6 Å². The van der Waals surface area contributed by atoms with Crippen molar-refractivity contribution in [1.82, 2.24) is 0 Å². The molecule has 2 N–H and O–H groups in total. The number of hydrogen-bond acceptors (Lipinski definition) is 2. The SMILES string of the molecule is CCC(CC)COc1cccc2c1CCC2N. The van der Waals surface area contributed by atoms with Gasteiger partial charge >= 0.3 is 0 Å². The summed E-state index contributed by atoms with van der Waals surface area (Å²) in [5, 5.41) is 0. The molecule has 2 nitrogen and oxygen atoms in total. The Kier molecular flexibility index (Phi) is 4.06. The molecule has 17 heavy (non-hydrogen) atoms. The van der Waals surface area contributed by atoms with E-state index >= 15 is 0 Å². The third-order valence-electron chi connectivity index (χ3n) is 3.90. The monoisotopic (exact) mass is 233 g/mol. The van der Waals surface area contributed by atoms with Crippen LogP contribution >= 0.6 is 0 Å². The van der Waals surface area contributed by atoms with Gasteiger partial charge in [0.1, 0.15) is 5.75 Å². The van der Waals surface area contributed by atoms with Crippen LogP contribution < -0.4 is 10.5 Å². The summed E-state index contributed by atoms with van der Waals surface area (Å²) in [6, 6.07) is 6.49. The van der Waals surface area contributed by atoms with E-state index in [1.54, 1.807) is 0 Å². The first-order chi connectivity index (χ1) is 8.26. The third kappa shape index (κ3) is 2.63. The predicted molar refractivity (Wildman–Crippen MR) is 71.3 cm³/mol. The standard InChI is InChI=1S/C15H23NO/c1-3-11(4-2)10-17-15-7-5-6-12-13(15)8-9-14(12)16/h5-7,11,14H,3-4,8-10,16H2,1-2H3. The average molecular weight is 233 g/mol. The Balaban J connectivity index is 2.07. The van der Waals surface area contributed by atoms with Gasteiger partial charge in [-0.3, -0.25) is 0 Å². The minimum atomic E-state index is 0.210. The lowest BCUT2D eigenvalue weighted by atomic mass is 10.0. The van der Waals surface area contributed by atoms with E-state index in [1.807, 2.05) is 0 Å². The van der Waals surface area contributed by atoms with Gasteiger partial charge in [-0.15, -0.1) is 0 Å². The molecule has 1 aliphatic rings. The number of fused-ring (bicyclic) bond motifs is 1. The Bertz CT molecular complexity index is 371. The van der Waals surface area contributed by atoms with Crippen LogP contribution in [0.25, 0.3) is 0 Å². The van der Waals surface area contributed by atoms with E-state index in [-0.39, 0.29) is 6.04 Å². The summed E-state index contributed by atoms with van der Waals surface area (Å²) in [7, 11) is 0. The van der Waals surface area contributed by atoms with Gasteiger partial charge in [0.25, 0.3) is 0 Å². The van der Waals surface area contributed by atoms with Crippen molar-refractivity contribution in [1.29, 1.82) is 0 Å². The van der Waals surface area contributed by atoms with E-state index in [0.29, 0.717) is 5.92 Å². The molecule has 0 bridgehead atoms. The van der Waals surface area contributed by atoms with Gasteiger partial charge in [0.05, 0.1) is 6.61 Å². The molecule has 0 spiro atoms. The fourth-order valence-electron chi connectivity index (χ4n) is 2.52. The normalized spacial score (nSPS) is 18.5. The summed E-state index contributed by atoms with van der Waals surface area (Å²) in [6.45, 7) is 5.28. The molecule has 0 amide bonds. The highest BCUT2D eigenvalue weighted by molar-refractivity contribution is 5.44. The van der Waals surface area contributed by atoms with E-state index < -0.39 is 0 Å². The van der Waals surface area contributed by atoms with Gasteiger partial charge in [0.2, 0.25) is 0 Å². The highest BCUT2D eigenvalue weighted by Gasteiger charge is 2.22. The molecular formula is C15H23NO. The minimum Gasteiger partial charge on any atom is -0.493 e. The second-order valence-corrected chi connectivity index (χ2v) is 4.96. The second-order valence-electron chi connectivity index (χ2n) is 4.96. The maximum absolute atomic E-state index is 6.07. The fraction of sp³-hybridized carbons (Fsp3) is 0.600. The first-order valence-electron chi connectivity index (χ1n) is 6.76. The smallest absolute Gasteiger partial charge is 0.122 e. The quantitative estimate of drug-likeness (QED) is 0.845. The van der Waals surface area contributed by atoms with Gasteiger partial charge in [-0.25, -0.2) is 0 Å². The van der Waals surface area contributed by atoms with Crippen LogP contribution in [-0.2, 0) is 6.42 Å². The summed E-state index contributed by atoms with van der Waals surface area (Å²) >= 11 is 0. The van der Waals surface area contributed by atoms with Crippen LogP contribution in [0, 0.1) is 5.92 Å². The van der Waals surface area contributed by atoms with E-state index in [9.17, 15) is 0 Å². The lowest BCUT2D eigenvalue weighted by Gasteiger charge is -2.16. The zero-order valence-corrected chi connectivity index (χ0v) is 10.9. The molecule has 0 saturated heterocycles. The summed E-state index contributed by atoms with van der Waals surface area (Å²) in [4.78, 5) is 0. The highest BCUT2D eigenvalue weighted by atomic mass is 16.5. The number of rotatable bonds is 5. The van der Waals surface area contributed by atoms with Crippen molar-refractivity contribution in [3.05, 3.63) is 29.3 Å². The largest absolute Gasteiger partial charge is 0.493 e. The maximum atomic E-state index is 6.07. The van der Waals surface area contributed by atoms with E-state index in [1.165, 1.54) is 24.0 Å². The topological polar surface area (TPSA) is 35.2 Å². The Morgan fingerprint density at radius 2 is 2.12 bits per heavy atom. The average Bonchev–Trinajstić information content (AvgIpc) is 2.73. The Morgan fingerprint density at radius 1 is 1.35 bits per heavy atom. The molecule has 0 aromatic heterocycles. The number of ether oxygens (including phenoxy) is 1. The van der Waals surface area contributed by atoms with Crippen LogP contribution in [0.5, 0.6) is 5.75 Å². The lowest BCUT2D eigenvalue weighted by Crippen LogP contribution is -2.11. The zero-order valence-electron chi connectivity index (χ0n) is 10.9. The summed E-state index contributed by atoms with van der Waals surface area (Å²) < 4.78 is 5.99. The lowest BCUT2D eigenvalue weighted by molar-refractivity contribution is 0.239. The van der Waals surface area contributed by atoms with Crippen LogP contribution in [0.15, 0.2) is 18.2 Å². The fourth-order valence-corrected chi connectivity index (χ4v) is 2.52. The van der Waals surface area contributed by atoms with Crippen LogP contribution in [0.4, 0.5) is 0 Å². The van der Waals surface area contributed by atoms with Gasteiger partial charge in [0.15, 0.2) is 0 Å². The van der Waals surface area contributed by atoms with Gasteiger partial charge in [0, 0.05) is 6.04 Å². The Labute approximate surface area is 104 Å². The van der Waals surface area contributed by atoms with Gasteiger partial charge < -0.3 is 10.5 Å². The molecular weight excluding hydrogens is 210 g/mol. The van der Waals surface area contributed by atoms with Gasteiger partial charge in [-0.1, -0.05) is 38.8 Å². The van der Waals surface area contributed by atoms with Crippen LogP contribution in [-0.4, -0.2) is 6.61 Å². The van der Waals surface area contributed by atoms with E-state index in [0.717, 1.165) is 25.2 Å². The zero-order chi connectivity index (χ0) is 12.3. The molecule has 94 valence electrons. The number of hydrogen-bond donors (Lipinski definition) is 1. The molecule has 0 saturated carbocycles. The van der Waals surface area contributed by atoms with E-state index in [2.05, 4.69) is 32.0 Å². The van der Waals surface area contributed by atoms with Crippen LogP contribution in [0.3, 0.4) is 0 Å². The van der Waals surface area contributed by atoms with Crippen molar-refractivity contribution in [3.8, 4) is 5.75 Å². The van der Waals surface area contributed by atoms with E-state index in [4.69, 9.17) is 10.5 Å². The van der Waals surface area contributed by atoms with Crippen molar-refractivity contribution in [3.63, 3.8) is 0 Å².